The summed E-state index contributed by atoms with van der Waals surface area (Å²) in [6.07, 6.45) is 3.70. The molecule has 2 heteroatoms. The molecule has 0 aromatic heterocycles. The second kappa shape index (κ2) is 3.16. The van der Waals surface area contributed by atoms with Crippen LogP contribution in [0, 0.1) is 0 Å². The fourth-order valence-corrected chi connectivity index (χ4v) is 1.37. The number of rotatable bonds is 1. The Hall–Kier alpha value is -0.110. The monoisotopic (exact) mass is 143 g/mol. The predicted molar refractivity (Wildman–Crippen MR) is 43.7 cm³/mol. The molecule has 0 aromatic carbocycles. The summed E-state index contributed by atoms with van der Waals surface area (Å²) in [4.78, 5) is 3.46. The predicted octanol–water partition coefficient (Wildman–Crippen LogP) is 1.82. The van der Waals surface area contributed by atoms with Crippen LogP contribution in [-0.4, -0.2) is 23.0 Å². The van der Waals surface area contributed by atoms with Crippen molar-refractivity contribution in [2.75, 3.05) is 13.1 Å². The van der Waals surface area contributed by atoms with Gasteiger partial charge < -0.3 is 4.90 Å². The topological polar surface area (TPSA) is 3.24 Å². The summed E-state index contributed by atoms with van der Waals surface area (Å²) < 4.78 is 0. The van der Waals surface area contributed by atoms with Crippen LogP contribution >= 0.6 is 12.2 Å². The van der Waals surface area contributed by atoms with E-state index in [1.165, 1.54) is 25.9 Å². The number of hydrogen-bond donors (Lipinski definition) is 0. The van der Waals surface area contributed by atoms with Crippen LogP contribution < -0.4 is 0 Å². The van der Waals surface area contributed by atoms with E-state index < -0.39 is 0 Å². The molecule has 0 unspecified atom stereocenters. The van der Waals surface area contributed by atoms with Crippen molar-refractivity contribution >= 4 is 17.2 Å². The van der Waals surface area contributed by atoms with E-state index in [9.17, 15) is 0 Å². The Balaban J connectivity index is 2.32. The minimum atomic E-state index is 1.04. The maximum Gasteiger partial charge on any atom is 0.0776 e. The Kier molecular flexibility index (Phi) is 2.46. The van der Waals surface area contributed by atoms with E-state index >= 15 is 0 Å². The molecule has 0 bridgehead atoms. The smallest absolute Gasteiger partial charge is 0.0776 e. The quantitative estimate of drug-likeness (QED) is 0.515. The van der Waals surface area contributed by atoms with Gasteiger partial charge in [0.1, 0.15) is 0 Å². The number of likely N-dealkylation sites (tertiary alicyclic amines) is 1. The highest BCUT2D eigenvalue weighted by Gasteiger charge is 2.11. The van der Waals surface area contributed by atoms with Gasteiger partial charge >= 0.3 is 0 Å². The van der Waals surface area contributed by atoms with E-state index in [2.05, 4.69) is 11.8 Å². The second-order valence-electron chi connectivity index (χ2n) is 2.44. The average Bonchev–Trinajstić information content (AvgIpc) is 2.37. The van der Waals surface area contributed by atoms with Crippen molar-refractivity contribution < 1.29 is 0 Å². The van der Waals surface area contributed by atoms with Crippen LogP contribution in [0.15, 0.2) is 0 Å². The molecule has 1 rings (SSSR count). The van der Waals surface area contributed by atoms with Crippen molar-refractivity contribution in [2.24, 2.45) is 0 Å². The lowest BCUT2D eigenvalue weighted by Gasteiger charge is -2.16. The fraction of sp³-hybridized carbons (Fsp3) is 0.857. The number of hydrogen-bond acceptors (Lipinski definition) is 1. The Morgan fingerprint density at radius 3 is 2.44 bits per heavy atom. The Morgan fingerprint density at radius 2 is 2.00 bits per heavy atom. The lowest BCUT2D eigenvalue weighted by Crippen LogP contribution is -2.24. The highest BCUT2D eigenvalue weighted by Crippen LogP contribution is 2.09. The molecule has 1 heterocycles. The van der Waals surface area contributed by atoms with Gasteiger partial charge in [0, 0.05) is 13.1 Å². The fourth-order valence-electron chi connectivity index (χ4n) is 1.19. The average molecular weight is 143 g/mol. The van der Waals surface area contributed by atoms with Crippen LogP contribution in [0.25, 0.3) is 0 Å². The third-order valence-electron chi connectivity index (χ3n) is 1.76. The molecule has 0 N–H and O–H groups in total. The molecule has 1 aliphatic heterocycles. The standard InChI is InChI=1S/C7H13NS/c1-2-7(9)8-5-3-4-6-8/h2-6H2,1H3. The van der Waals surface area contributed by atoms with Gasteiger partial charge in [-0.1, -0.05) is 19.1 Å². The Morgan fingerprint density at radius 1 is 1.44 bits per heavy atom. The first-order chi connectivity index (χ1) is 4.34. The van der Waals surface area contributed by atoms with Crippen LogP contribution in [-0.2, 0) is 0 Å². The van der Waals surface area contributed by atoms with Gasteiger partial charge in [-0.15, -0.1) is 0 Å². The normalized spacial score (nSPS) is 18.6. The molecule has 0 aliphatic carbocycles. The van der Waals surface area contributed by atoms with Gasteiger partial charge in [-0.05, 0) is 19.3 Å². The molecule has 0 atom stereocenters. The van der Waals surface area contributed by atoms with Crippen LogP contribution in [0.2, 0.25) is 0 Å². The molecular formula is C7H13NS. The molecule has 0 aromatic rings. The minimum absolute atomic E-state index is 1.04. The van der Waals surface area contributed by atoms with E-state index in [4.69, 9.17) is 12.2 Å². The Bertz CT molecular complexity index is 105. The molecule has 0 saturated carbocycles. The van der Waals surface area contributed by atoms with Crippen LogP contribution in [0.5, 0.6) is 0 Å². The third-order valence-corrected chi connectivity index (χ3v) is 2.31. The van der Waals surface area contributed by atoms with Gasteiger partial charge in [-0.3, -0.25) is 0 Å². The first-order valence-corrected chi connectivity index (χ1v) is 4.03. The lowest BCUT2D eigenvalue weighted by molar-refractivity contribution is 0.520. The van der Waals surface area contributed by atoms with Crippen LogP contribution in [0.3, 0.4) is 0 Å². The molecule has 52 valence electrons. The molecule has 9 heavy (non-hydrogen) atoms. The summed E-state index contributed by atoms with van der Waals surface area (Å²) in [5, 5.41) is 0. The van der Waals surface area contributed by atoms with E-state index in [1.54, 1.807) is 0 Å². The molecule has 0 amide bonds. The van der Waals surface area contributed by atoms with Crippen LogP contribution in [0.4, 0.5) is 0 Å². The van der Waals surface area contributed by atoms with Gasteiger partial charge in [-0.25, -0.2) is 0 Å². The van der Waals surface area contributed by atoms with Crippen molar-refractivity contribution in [3.63, 3.8) is 0 Å². The first-order valence-electron chi connectivity index (χ1n) is 3.62. The van der Waals surface area contributed by atoms with E-state index in [0.717, 1.165) is 11.4 Å². The van der Waals surface area contributed by atoms with Gasteiger partial charge in [0.05, 0.1) is 4.99 Å². The summed E-state index contributed by atoms with van der Waals surface area (Å²) in [6.45, 7) is 4.53. The zero-order valence-electron chi connectivity index (χ0n) is 5.89. The molecular weight excluding hydrogens is 130 g/mol. The van der Waals surface area contributed by atoms with Crippen molar-refractivity contribution in [3.8, 4) is 0 Å². The van der Waals surface area contributed by atoms with E-state index in [0.29, 0.717) is 0 Å². The summed E-state index contributed by atoms with van der Waals surface area (Å²) >= 11 is 5.14. The van der Waals surface area contributed by atoms with Crippen molar-refractivity contribution in [3.05, 3.63) is 0 Å². The zero-order valence-corrected chi connectivity index (χ0v) is 6.71. The van der Waals surface area contributed by atoms with Crippen molar-refractivity contribution in [2.45, 2.75) is 26.2 Å². The lowest BCUT2D eigenvalue weighted by atomic mass is 10.4. The second-order valence-corrected chi connectivity index (χ2v) is 2.91. The molecule has 0 radical (unpaired) electrons. The number of nitrogens with zero attached hydrogens (tertiary/aromatic N) is 1. The largest absolute Gasteiger partial charge is 0.366 e. The maximum absolute atomic E-state index is 5.14. The molecule has 1 saturated heterocycles. The van der Waals surface area contributed by atoms with Crippen molar-refractivity contribution in [1.29, 1.82) is 0 Å². The summed E-state index contributed by atoms with van der Waals surface area (Å²) in [5.41, 5.74) is 0. The van der Waals surface area contributed by atoms with Crippen LogP contribution in [0.1, 0.15) is 26.2 Å². The van der Waals surface area contributed by atoms with Gasteiger partial charge in [-0.2, -0.15) is 0 Å². The molecule has 0 spiro atoms. The van der Waals surface area contributed by atoms with Gasteiger partial charge in [0.25, 0.3) is 0 Å². The number of thiocarbonyl (C=S) groups is 1. The van der Waals surface area contributed by atoms with Gasteiger partial charge in [0.15, 0.2) is 0 Å². The highest BCUT2D eigenvalue weighted by molar-refractivity contribution is 7.80. The molecule has 1 aliphatic rings. The Labute approximate surface area is 62.0 Å². The summed E-state index contributed by atoms with van der Waals surface area (Å²) in [7, 11) is 0. The molecule has 1 fully saturated rings. The van der Waals surface area contributed by atoms with E-state index in [-0.39, 0.29) is 0 Å². The first kappa shape index (κ1) is 7.00. The summed E-state index contributed by atoms with van der Waals surface area (Å²) in [6, 6.07) is 0. The van der Waals surface area contributed by atoms with Crippen molar-refractivity contribution in [1.82, 2.24) is 4.90 Å². The van der Waals surface area contributed by atoms with Gasteiger partial charge in [0.2, 0.25) is 0 Å². The minimum Gasteiger partial charge on any atom is -0.366 e. The third kappa shape index (κ3) is 1.65. The summed E-state index contributed by atoms with van der Waals surface area (Å²) in [5.74, 6) is 0. The zero-order chi connectivity index (χ0) is 6.69. The SMILES string of the molecule is CCC(=S)N1CCCC1. The maximum atomic E-state index is 5.14. The highest BCUT2D eigenvalue weighted by atomic mass is 32.1. The molecule has 1 nitrogen and oxygen atoms in total. The van der Waals surface area contributed by atoms with E-state index in [1.807, 2.05) is 0 Å².